The molecule has 1 aromatic rings. The van der Waals surface area contributed by atoms with E-state index >= 15 is 0 Å². The van der Waals surface area contributed by atoms with Gasteiger partial charge in [0.2, 0.25) is 0 Å². The highest BCUT2D eigenvalue weighted by molar-refractivity contribution is 5.92. The van der Waals surface area contributed by atoms with Gasteiger partial charge in [-0.05, 0) is 24.5 Å². The Hall–Kier alpha value is -1.38. The third-order valence-electron chi connectivity index (χ3n) is 2.80. The summed E-state index contributed by atoms with van der Waals surface area (Å²) in [7, 11) is 0. The molecule has 0 bridgehead atoms. The van der Waals surface area contributed by atoms with Crippen LogP contribution in [0.25, 0.3) is 0 Å². The molecule has 2 nitrogen and oxygen atoms in total. The molecular formula is C12H13FO2. The summed E-state index contributed by atoms with van der Waals surface area (Å²) in [5, 5.41) is 0. The Bertz CT molecular complexity index is 412. The molecule has 1 unspecified atom stereocenters. The van der Waals surface area contributed by atoms with Gasteiger partial charge in [-0.2, -0.15) is 0 Å². The summed E-state index contributed by atoms with van der Waals surface area (Å²) < 4.78 is 18.8. The fourth-order valence-corrected chi connectivity index (χ4v) is 1.84. The van der Waals surface area contributed by atoms with Gasteiger partial charge in [0, 0.05) is 6.42 Å². The lowest BCUT2D eigenvalue weighted by atomic mass is 9.95. The number of ether oxygens (including phenoxy) is 1. The van der Waals surface area contributed by atoms with Crippen LogP contribution in [-0.4, -0.2) is 12.1 Å². The van der Waals surface area contributed by atoms with Gasteiger partial charge in [0.1, 0.15) is 11.9 Å². The molecule has 0 saturated heterocycles. The van der Waals surface area contributed by atoms with E-state index in [0.29, 0.717) is 12.0 Å². The first-order valence-electron chi connectivity index (χ1n) is 5.12. The lowest BCUT2D eigenvalue weighted by Gasteiger charge is -2.24. The van der Waals surface area contributed by atoms with Crippen molar-refractivity contribution in [2.75, 3.05) is 0 Å². The SMILES string of the molecule is CCC1Cc2ccc(C)c(F)c2C(=O)O1. The molecule has 1 heterocycles. The van der Waals surface area contributed by atoms with Crippen molar-refractivity contribution in [1.82, 2.24) is 0 Å². The largest absolute Gasteiger partial charge is 0.458 e. The van der Waals surface area contributed by atoms with Gasteiger partial charge in [-0.15, -0.1) is 0 Å². The maximum absolute atomic E-state index is 13.7. The Kier molecular flexibility index (Phi) is 2.47. The summed E-state index contributed by atoms with van der Waals surface area (Å²) in [6.07, 6.45) is 1.28. The lowest BCUT2D eigenvalue weighted by molar-refractivity contribution is 0.0242. The number of carbonyl (C=O) groups excluding carboxylic acids is 1. The highest BCUT2D eigenvalue weighted by Gasteiger charge is 2.28. The molecule has 0 aliphatic carbocycles. The molecule has 1 atom stereocenters. The normalized spacial score (nSPS) is 19.7. The summed E-state index contributed by atoms with van der Waals surface area (Å²) in [6, 6.07) is 3.52. The first-order chi connectivity index (χ1) is 7.13. The van der Waals surface area contributed by atoms with Crippen molar-refractivity contribution >= 4 is 5.97 Å². The molecule has 0 aromatic heterocycles. The van der Waals surface area contributed by atoms with E-state index in [9.17, 15) is 9.18 Å². The second-order valence-corrected chi connectivity index (χ2v) is 3.87. The van der Waals surface area contributed by atoms with Crippen LogP contribution < -0.4 is 0 Å². The smallest absolute Gasteiger partial charge is 0.341 e. The van der Waals surface area contributed by atoms with Crippen LogP contribution in [0.1, 0.15) is 34.8 Å². The fraction of sp³-hybridized carbons (Fsp3) is 0.417. The third kappa shape index (κ3) is 1.62. The Morgan fingerprint density at radius 1 is 1.53 bits per heavy atom. The predicted molar refractivity (Wildman–Crippen MR) is 54.3 cm³/mol. The van der Waals surface area contributed by atoms with Crippen molar-refractivity contribution < 1.29 is 13.9 Å². The number of aryl methyl sites for hydroxylation is 1. The van der Waals surface area contributed by atoms with Gasteiger partial charge < -0.3 is 4.74 Å². The van der Waals surface area contributed by atoms with E-state index in [4.69, 9.17) is 4.74 Å². The van der Waals surface area contributed by atoms with Crippen LogP contribution in [0.15, 0.2) is 12.1 Å². The monoisotopic (exact) mass is 208 g/mol. The molecule has 0 fully saturated rings. The van der Waals surface area contributed by atoms with Crippen LogP contribution in [0.3, 0.4) is 0 Å². The van der Waals surface area contributed by atoms with Crippen molar-refractivity contribution in [1.29, 1.82) is 0 Å². The maximum atomic E-state index is 13.7. The third-order valence-corrected chi connectivity index (χ3v) is 2.80. The van der Waals surface area contributed by atoms with Gasteiger partial charge in [-0.25, -0.2) is 9.18 Å². The number of rotatable bonds is 1. The van der Waals surface area contributed by atoms with Gasteiger partial charge in [0.15, 0.2) is 0 Å². The van der Waals surface area contributed by atoms with Crippen molar-refractivity contribution in [3.8, 4) is 0 Å². The Morgan fingerprint density at radius 2 is 2.27 bits per heavy atom. The molecule has 0 saturated carbocycles. The number of hydrogen-bond donors (Lipinski definition) is 0. The molecule has 0 amide bonds. The molecule has 0 spiro atoms. The van der Waals surface area contributed by atoms with Gasteiger partial charge in [-0.1, -0.05) is 19.1 Å². The second kappa shape index (κ2) is 3.65. The average molecular weight is 208 g/mol. The van der Waals surface area contributed by atoms with Crippen molar-refractivity contribution in [2.24, 2.45) is 0 Å². The summed E-state index contributed by atoms with van der Waals surface area (Å²) in [6.45, 7) is 3.60. The van der Waals surface area contributed by atoms with Crippen molar-refractivity contribution in [3.63, 3.8) is 0 Å². The number of esters is 1. The molecule has 3 heteroatoms. The number of carbonyl (C=O) groups is 1. The van der Waals surface area contributed by atoms with E-state index in [1.165, 1.54) is 0 Å². The molecule has 0 N–H and O–H groups in total. The Morgan fingerprint density at radius 3 is 2.93 bits per heavy atom. The van der Waals surface area contributed by atoms with Crippen LogP contribution in [-0.2, 0) is 11.2 Å². The molecule has 0 radical (unpaired) electrons. The van der Waals surface area contributed by atoms with E-state index in [2.05, 4.69) is 0 Å². The van der Waals surface area contributed by atoms with Crippen LogP contribution in [0.5, 0.6) is 0 Å². The lowest BCUT2D eigenvalue weighted by Crippen LogP contribution is -2.28. The first kappa shape index (κ1) is 10.1. The first-order valence-corrected chi connectivity index (χ1v) is 5.12. The zero-order valence-corrected chi connectivity index (χ0v) is 8.84. The van der Waals surface area contributed by atoms with E-state index in [0.717, 1.165) is 12.0 Å². The molecular weight excluding hydrogens is 195 g/mol. The topological polar surface area (TPSA) is 26.3 Å². The van der Waals surface area contributed by atoms with Crippen molar-refractivity contribution in [2.45, 2.75) is 32.8 Å². The van der Waals surface area contributed by atoms with Gasteiger partial charge >= 0.3 is 5.97 Å². The molecule has 1 aliphatic rings. The number of cyclic esters (lactones) is 1. The van der Waals surface area contributed by atoms with E-state index in [1.54, 1.807) is 13.0 Å². The minimum Gasteiger partial charge on any atom is -0.458 e. The fourth-order valence-electron chi connectivity index (χ4n) is 1.84. The number of hydrogen-bond acceptors (Lipinski definition) is 2. The van der Waals surface area contributed by atoms with Crippen molar-refractivity contribution in [3.05, 3.63) is 34.6 Å². The van der Waals surface area contributed by atoms with Gasteiger partial charge in [-0.3, -0.25) is 0 Å². The van der Waals surface area contributed by atoms with Crippen LogP contribution in [0.4, 0.5) is 4.39 Å². The van der Waals surface area contributed by atoms with E-state index in [-0.39, 0.29) is 11.7 Å². The standard InChI is InChI=1S/C12H13FO2/c1-3-9-6-8-5-4-7(2)11(13)10(8)12(14)15-9/h4-5,9H,3,6H2,1-2H3. The molecule has 1 aromatic carbocycles. The Labute approximate surface area is 88.1 Å². The summed E-state index contributed by atoms with van der Waals surface area (Å²) in [5.41, 5.74) is 1.38. The molecule has 1 aliphatic heterocycles. The zero-order chi connectivity index (χ0) is 11.0. The van der Waals surface area contributed by atoms with Gasteiger partial charge in [0.25, 0.3) is 0 Å². The molecule has 2 rings (SSSR count). The predicted octanol–water partition coefficient (Wildman–Crippen LogP) is 2.63. The quantitative estimate of drug-likeness (QED) is 0.663. The number of halogens is 1. The minimum atomic E-state index is -0.524. The highest BCUT2D eigenvalue weighted by Crippen LogP contribution is 2.26. The molecule has 15 heavy (non-hydrogen) atoms. The van der Waals surface area contributed by atoms with Crippen LogP contribution in [0, 0.1) is 12.7 Å². The molecule has 80 valence electrons. The maximum Gasteiger partial charge on any atom is 0.341 e. The second-order valence-electron chi connectivity index (χ2n) is 3.87. The minimum absolute atomic E-state index is 0.105. The van der Waals surface area contributed by atoms with Crippen LogP contribution >= 0.6 is 0 Å². The average Bonchev–Trinajstić information content (AvgIpc) is 2.23. The zero-order valence-electron chi connectivity index (χ0n) is 8.84. The number of benzene rings is 1. The number of fused-ring (bicyclic) bond motifs is 1. The summed E-state index contributed by atoms with van der Waals surface area (Å²) in [5.74, 6) is -0.962. The van der Waals surface area contributed by atoms with Gasteiger partial charge in [0.05, 0.1) is 5.56 Å². The summed E-state index contributed by atoms with van der Waals surface area (Å²) >= 11 is 0. The van der Waals surface area contributed by atoms with Crippen LogP contribution in [0.2, 0.25) is 0 Å². The van der Waals surface area contributed by atoms with E-state index in [1.807, 2.05) is 13.0 Å². The highest BCUT2D eigenvalue weighted by atomic mass is 19.1. The van der Waals surface area contributed by atoms with E-state index < -0.39 is 11.8 Å². The summed E-state index contributed by atoms with van der Waals surface area (Å²) in [4.78, 5) is 11.6. The Balaban J connectivity index is 2.50.